The van der Waals surface area contributed by atoms with Crippen LogP contribution >= 0.6 is 0 Å². The first-order valence-corrected chi connectivity index (χ1v) is 4.84. The molecule has 1 saturated carbocycles. The minimum Gasteiger partial charge on any atom is -0.330 e. The smallest absolute Gasteiger partial charge is 0.0134 e. The van der Waals surface area contributed by atoms with Gasteiger partial charge in [0.2, 0.25) is 0 Å². The molecule has 2 heteroatoms. The monoisotopic (exact) mass is 170 g/mol. The van der Waals surface area contributed by atoms with Crippen molar-refractivity contribution in [1.29, 1.82) is 0 Å². The predicted molar refractivity (Wildman–Crippen MR) is 52.8 cm³/mol. The van der Waals surface area contributed by atoms with Crippen molar-refractivity contribution < 1.29 is 0 Å². The van der Waals surface area contributed by atoms with Gasteiger partial charge in [-0.25, -0.2) is 0 Å². The Balaban J connectivity index is 2.66. The molecule has 2 nitrogen and oxygen atoms in total. The maximum absolute atomic E-state index is 6.16. The molecule has 0 spiro atoms. The molecule has 1 aliphatic carbocycles. The van der Waals surface area contributed by atoms with Gasteiger partial charge in [-0.3, -0.25) is 0 Å². The minimum absolute atomic E-state index is 0.00574. The maximum Gasteiger partial charge on any atom is 0.0134 e. The van der Waals surface area contributed by atoms with Crippen LogP contribution in [0.1, 0.15) is 40.0 Å². The summed E-state index contributed by atoms with van der Waals surface area (Å²) >= 11 is 0. The highest BCUT2D eigenvalue weighted by Crippen LogP contribution is 2.42. The Morgan fingerprint density at radius 3 is 2.25 bits per heavy atom. The van der Waals surface area contributed by atoms with Crippen LogP contribution in [-0.4, -0.2) is 12.1 Å². The summed E-state index contributed by atoms with van der Waals surface area (Å²) in [6.45, 7) is 7.52. The molecule has 2 unspecified atom stereocenters. The van der Waals surface area contributed by atoms with Gasteiger partial charge in [-0.1, -0.05) is 13.8 Å². The van der Waals surface area contributed by atoms with E-state index >= 15 is 0 Å². The second kappa shape index (κ2) is 3.00. The van der Waals surface area contributed by atoms with Gasteiger partial charge in [0.1, 0.15) is 0 Å². The van der Waals surface area contributed by atoms with Crippen LogP contribution in [0.4, 0.5) is 0 Å². The van der Waals surface area contributed by atoms with Crippen LogP contribution in [0.15, 0.2) is 0 Å². The van der Waals surface area contributed by atoms with Crippen LogP contribution in [0.5, 0.6) is 0 Å². The lowest BCUT2D eigenvalue weighted by molar-refractivity contribution is 0.114. The van der Waals surface area contributed by atoms with Crippen molar-refractivity contribution in [2.24, 2.45) is 22.8 Å². The van der Waals surface area contributed by atoms with Crippen molar-refractivity contribution in [3.63, 3.8) is 0 Å². The van der Waals surface area contributed by atoms with Gasteiger partial charge in [-0.15, -0.1) is 0 Å². The quantitative estimate of drug-likeness (QED) is 0.626. The molecule has 0 aromatic carbocycles. The highest BCUT2D eigenvalue weighted by molar-refractivity contribution is 4.94. The van der Waals surface area contributed by atoms with Gasteiger partial charge in [0.25, 0.3) is 0 Å². The van der Waals surface area contributed by atoms with Crippen LogP contribution in [0.25, 0.3) is 0 Å². The summed E-state index contributed by atoms with van der Waals surface area (Å²) in [5, 5.41) is 0. The Labute approximate surface area is 75.7 Å². The van der Waals surface area contributed by atoms with E-state index in [-0.39, 0.29) is 5.54 Å². The Kier molecular flexibility index (Phi) is 2.50. The first-order chi connectivity index (χ1) is 5.35. The van der Waals surface area contributed by atoms with Gasteiger partial charge in [-0.2, -0.15) is 0 Å². The van der Waals surface area contributed by atoms with Crippen molar-refractivity contribution in [2.75, 3.05) is 6.54 Å². The normalized spacial score (nSPS) is 41.2. The molecule has 1 rings (SSSR count). The Bertz CT molecular complexity index is 145. The van der Waals surface area contributed by atoms with E-state index in [9.17, 15) is 0 Å². The summed E-state index contributed by atoms with van der Waals surface area (Å²) in [4.78, 5) is 0. The first-order valence-electron chi connectivity index (χ1n) is 4.84. The van der Waals surface area contributed by atoms with E-state index in [1.54, 1.807) is 0 Å². The molecule has 0 aromatic rings. The molecule has 2 atom stereocenters. The zero-order valence-corrected chi connectivity index (χ0v) is 8.56. The maximum atomic E-state index is 6.16. The molecular weight excluding hydrogens is 148 g/mol. The molecule has 0 heterocycles. The summed E-state index contributed by atoms with van der Waals surface area (Å²) in [7, 11) is 0. The standard InChI is InChI=1S/C10H22N2/c1-9(2)4-8(6-11)5-10(3,12)7-9/h8H,4-7,11-12H2,1-3H3. The fourth-order valence-corrected chi connectivity index (χ4v) is 2.92. The van der Waals surface area contributed by atoms with E-state index in [4.69, 9.17) is 11.5 Å². The van der Waals surface area contributed by atoms with E-state index in [1.165, 1.54) is 6.42 Å². The summed E-state index contributed by atoms with van der Waals surface area (Å²) in [6.07, 6.45) is 3.44. The molecule has 0 aromatic heterocycles. The molecule has 0 saturated heterocycles. The summed E-state index contributed by atoms with van der Waals surface area (Å²) in [6, 6.07) is 0. The van der Waals surface area contributed by atoms with E-state index in [0.717, 1.165) is 19.4 Å². The molecule has 0 aliphatic heterocycles. The largest absolute Gasteiger partial charge is 0.330 e. The van der Waals surface area contributed by atoms with E-state index in [1.807, 2.05) is 0 Å². The van der Waals surface area contributed by atoms with Crippen LogP contribution in [0.3, 0.4) is 0 Å². The van der Waals surface area contributed by atoms with Crippen LogP contribution in [0, 0.1) is 11.3 Å². The first kappa shape index (κ1) is 10.0. The molecule has 72 valence electrons. The molecule has 0 amide bonds. The Hall–Kier alpha value is -0.0800. The second-order valence-corrected chi connectivity index (χ2v) is 5.50. The number of hydrogen-bond donors (Lipinski definition) is 2. The Morgan fingerprint density at radius 2 is 1.83 bits per heavy atom. The fourth-order valence-electron chi connectivity index (χ4n) is 2.92. The summed E-state index contributed by atoms with van der Waals surface area (Å²) in [5.74, 6) is 0.628. The third kappa shape index (κ3) is 2.46. The van der Waals surface area contributed by atoms with Gasteiger partial charge in [0.15, 0.2) is 0 Å². The summed E-state index contributed by atoms with van der Waals surface area (Å²) in [5.41, 5.74) is 12.2. The van der Waals surface area contributed by atoms with E-state index in [0.29, 0.717) is 11.3 Å². The molecule has 12 heavy (non-hydrogen) atoms. The minimum atomic E-state index is 0.00574. The average Bonchev–Trinajstić information content (AvgIpc) is 1.80. The third-order valence-corrected chi connectivity index (χ3v) is 2.81. The number of nitrogens with two attached hydrogens (primary N) is 2. The third-order valence-electron chi connectivity index (χ3n) is 2.81. The highest BCUT2D eigenvalue weighted by Gasteiger charge is 2.38. The fraction of sp³-hybridized carbons (Fsp3) is 1.00. The second-order valence-electron chi connectivity index (χ2n) is 5.50. The van der Waals surface area contributed by atoms with Gasteiger partial charge in [0, 0.05) is 5.54 Å². The van der Waals surface area contributed by atoms with Gasteiger partial charge in [0.05, 0.1) is 0 Å². The number of hydrogen-bond acceptors (Lipinski definition) is 2. The average molecular weight is 170 g/mol. The van der Waals surface area contributed by atoms with Crippen LogP contribution < -0.4 is 11.5 Å². The molecule has 4 N–H and O–H groups in total. The van der Waals surface area contributed by atoms with Crippen LogP contribution in [0.2, 0.25) is 0 Å². The van der Waals surface area contributed by atoms with E-state index in [2.05, 4.69) is 20.8 Å². The van der Waals surface area contributed by atoms with Gasteiger partial charge < -0.3 is 11.5 Å². The van der Waals surface area contributed by atoms with Crippen molar-refractivity contribution in [3.05, 3.63) is 0 Å². The van der Waals surface area contributed by atoms with Crippen molar-refractivity contribution in [2.45, 2.75) is 45.6 Å². The molecule has 1 aliphatic rings. The Morgan fingerprint density at radius 1 is 1.25 bits per heavy atom. The molecule has 0 bridgehead atoms. The SMILES string of the molecule is CC1(C)CC(CN)CC(C)(N)C1. The zero-order chi connectivity index (χ0) is 9.41. The molecule has 1 fully saturated rings. The molecular formula is C10H22N2. The lowest BCUT2D eigenvalue weighted by Crippen LogP contribution is -2.48. The zero-order valence-electron chi connectivity index (χ0n) is 8.56. The van der Waals surface area contributed by atoms with E-state index < -0.39 is 0 Å². The highest BCUT2D eigenvalue weighted by atomic mass is 14.8. The molecule has 0 radical (unpaired) electrons. The van der Waals surface area contributed by atoms with Crippen molar-refractivity contribution in [3.8, 4) is 0 Å². The van der Waals surface area contributed by atoms with Crippen molar-refractivity contribution >= 4 is 0 Å². The van der Waals surface area contributed by atoms with Crippen molar-refractivity contribution in [1.82, 2.24) is 0 Å². The predicted octanol–water partition coefficient (Wildman–Crippen LogP) is 1.49. The lowest BCUT2D eigenvalue weighted by atomic mass is 9.65. The van der Waals surface area contributed by atoms with Crippen LogP contribution in [-0.2, 0) is 0 Å². The van der Waals surface area contributed by atoms with Gasteiger partial charge in [-0.05, 0) is 44.1 Å². The number of rotatable bonds is 1. The summed E-state index contributed by atoms with van der Waals surface area (Å²) < 4.78 is 0. The lowest BCUT2D eigenvalue weighted by Gasteiger charge is -2.44. The van der Waals surface area contributed by atoms with Gasteiger partial charge >= 0.3 is 0 Å². The topological polar surface area (TPSA) is 52.0 Å².